The third kappa shape index (κ3) is 2.36. The third-order valence-electron chi connectivity index (χ3n) is 1.73. The SMILES string of the molecule is CN(C)CCC1=CC=CC1. The van der Waals surface area contributed by atoms with Crippen LogP contribution < -0.4 is 0 Å². The Bertz CT molecular complexity index is 154. The summed E-state index contributed by atoms with van der Waals surface area (Å²) in [5.74, 6) is 0. The summed E-state index contributed by atoms with van der Waals surface area (Å²) in [6.45, 7) is 1.17. The highest BCUT2D eigenvalue weighted by molar-refractivity contribution is 5.22. The van der Waals surface area contributed by atoms with Gasteiger partial charge in [0.05, 0.1) is 0 Å². The molecule has 1 rings (SSSR count). The molecule has 0 N–H and O–H groups in total. The summed E-state index contributed by atoms with van der Waals surface area (Å²) in [5, 5.41) is 0. The van der Waals surface area contributed by atoms with Crippen LogP contribution in [0, 0.1) is 0 Å². The quantitative estimate of drug-likeness (QED) is 0.573. The van der Waals surface area contributed by atoms with Gasteiger partial charge >= 0.3 is 0 Å². The lowest BCUT2D eigenvalue weighted by Gasteiger charge is -2.08. The first-order valence-corrected chi connectivity index (χ1v) is 3.78. The highest BCUT2D eigenvalue weighted by atomic mass is 15.0. The second-order valence-corrected chi connectivity index (χ2v) is 3.01. The van der Waals surface area contributed by atoms with Crippen molar-refractivity contribution in [1.82, 2.24) is 4.90 Å². The van der Waals surface area contributed by atoms with Gasteiger partial charge in [-0.25, -0.2) is 0 Å². The first kappa shape index (κ1) is 7.55. The van der Waals surface area contributed by atoms with Crippen LogP contribution in [0.2, 0.25) is 0 Å². The summed E-state index contributed by atoms with van der Waals surface area (Å²) in [4.78, 5) is 2.22. The average molecular weight is 137 g/mol. The lowest BCUT2D eigenvalue weighted by Crippen LogP contribution is -2.13. The average Bonchev–Trinajstić information content (AvgIpc) is 2.34. The van der Waals surface area contributed by atoms with Gasteiger partial charge in [-0.2, -0.15) is 0 Å². The lowest BCUT2D eigenvalue weighted by atomic mass is 10.1. The fraction of sp³-hybridized carbons (Fsp3) is 0.556. The van der Waals surface area contributed by atoms with Gasteiger partial charge in [-0.15, -0.1) is 0 Å². The van der Waals surface area contributed by atoms with Gasteiger partial charge in [-0.3, -0.25) is 0 Å². The number of hydrogen-bond donors (Lipinski definition) is 0. The molecule has 0 radical (unpaired) electrons. The number of hydrogen-bond acceptors (Lipinski definition) is 1. The molecule has 0 fully saturated rings. The van der Waals surface area contributed by atoms with E-state index in [1.807, 2.05) is 0 Å². The zero-order valence-corrected chi connectivity index (χ0v) is 6.80. The van der Waals surface area contributed by atoms with E-state index in [2.05, 4.69) is 37.2 Å². The molecule has 0 aromatic heterocycles. The van der Waals surface area contributed by atoms with Crippen LogP contribution in [0.15, 0.2) is 23.8 Å². The van der Waals surface area contributed by atoms with Gasteiger partial charge in [-0.05, 0) is 26.9 Å². The Labute approximate surface area is 63.0 Å². The first-order chi connectivity index (χ1) is 4.79. The Morgan fingerprint density at radius 1 is 1.50 bits per heavy atom. The van der Waals surface area contributed by atoms with Crippen LogP contribution in [0.4, 0.5) is 0 Å². The Hall–Kier alpha value is -0.560. The first-order valence-electron chi connectivity index (χ1n) is 3.78. The molecule has 0 aliphatic heterocycles. The minimum absolute atomic E-state index is 1.17. The molecule has 0 bridgehead atoms. The highest BCUT2D eigenvalue weighted by Crippen LogP contribution is 2.13. The van der Waals surface area contributed by atoms with Crippen molar-refractivity contribution < 1.29 is 0 Å². The molecule has 56 valence electrons. The maximum Gasteiger partial charge on any atom is 0.00127 e. The molecule has 0 saturated carbocycles. The molecule has 10 heavy (non-hydrogen) atoms. The number of rotatable bonds is 3. The van der Waals surface area contributed by atoms with Crippen LogP contribution in [0.1, 0.15) is 12.8 Å². The molecule has 0 heterocycles. The van der Waals surface area contributed by atoms with E-state index in [9.17, 15) is 0 Å². The molecule has 0 aromatic rings. The summed E-state index contributed by atoms with van der Waals surface area (Å²) in [6.07, 6.45) is 8.98. The number of allylic oxidation sites excluding steroid dienone is 3. The minimum Gasteiger partial charge on any atom is -0.309 e. The molecular weight excluding hydrogens is 122 g/mol. The second kappa shape index (κ2) is 3.57. The van der Waals surface area contributed by atoms with Crippen LogP contribution in [0.3, 0.4) is 0 Å². The van der Waals surface area contributed by atoms with Gasteiger partial charge in [0.15, 0.2) is 0 Å². The van der Waals surface area contributed by atoms with Gasteiger partial charge < -0.3 is 4.90 Å². The number of nitrogens with zero attached hydrogens (tertiary/aromatic N) is 1. The Morgan fingerprint density at radius 3 is 2.80 bits per heavy atom. The fourth-order valence-corrected chi connectivity index (χ4v) is 1.04. The Kier molecular flexibility index (Phi) is 2.69. The van der Waals surface area contributed by atoms with Gasteiger partial charge in [0.2, 0.25) is 0 Å². The molecule has 0 amide bonds. The summed E-state index contributed by atoms with van der Waals surface area (Å²) in [5.41, 5.74) is 1.56. The zero-order chi connectivity index (χ0) is 7.40. The van der Waals surface area contributed by atoms with Crippen LogP contribution in [-0.2, 0) is 0 Å². The van der Waals surface area contributed by atoms with E-state index in [1.54, 1.807) is 5.57 Å². The predicted molar refractivity (Wildman–Crippen MR) is 45.0 cm³/mol. The Morgan fingerprint density at radius 2 is 2.30 bits per heavy atom. The molecule has 1 aliphatic carbocycles. The largest absolute Gasteiger partial charge is 0.309 e. The van der Waals surface area contributed by atoms with E-state index >= 15 is 0 Å². The van der Waals surface area contributed by atoms with E-state index in [1.165, 1.54) is 19.4 Å². The van der Waals surface area contributed by atoms with Crippen molar-refractivity contribution >= 4 is 0 Å². The molecule has 0 saturated heterocycles. The van der Waals surface area contributed by atoms with E-state index in [-0.39, 0.29) is 0 Å². The third-order valence-corrected chi connectivity index (χ3v) is 1.73. The molecule has 0 spiro atoms. The molecule has 1 heteroatoms. The maximum atomic E-state index is 2.23. The Balaban J connectivity index is 2.15. The van der Waals surface area contributed by atoms with E-state index < -0.39 is 0 Å². The lowest BCUT2D eigenvalue weighted by molar-refractivity contribution is 0.412. The van der Waals surface area contributed by atoms with E-state index in [0.29, 0.717) is 0 Å². The summed E-state index contributed by atoms with van der Waals surface area (Å²) in [7, 11) is 4.23. The summed E-state index contributed by atoms with van der Waals surface area (Å²) < 4.78 is 0. The van der Waals surface area contributed by atoms with Crippen molar-refractivity contribution in [3.8, 4) is 0 Å². The van der Waals surface area contributed by atoms with E-state index in [4.69, 9.17) is 0 Å². The van der Waals surface area contributed by atoms with Crippen molar-refractivity contribution in [3.63, 3.8) is 0 Å². The molecule has 0 unspecified atom stereocenters. The second-order valence-electron chi connectivity index (χ2n) is 3.01. The van der Waals surface area contributed by atoms with Crippen LogP contribution in [-0.4, -0.2) is 25.5 Å². The molecular formula is C9H15N. The van der Waals surface area contributed by atoms with Crippen LogP contribution in [0.25, 0.3) is 0 Å². The predicted octanol–water partition coefficient (Wildman–Crippen LogP) is 1.82. The monoisotopic (exact) mass is 137 g/mol. The van der Waals surface area contributed by atoms with Crippen molar-refractivity contribution in [2.45, 2.75) is 12.8 Å². The maximum absolute atomic E-state index is 2.23. The highest BCUT2D eigenvalue weighted by Gasteiger charge is 1.98. The van der Waals surface area contributed by atoms with Crippen LogP contribution >= 0.6 is 0 Å². The molecule has 1 nitrogen and oxygen atoms in total. The van der Waals surface area contributed by atoms with Gasteiger partial charge in [0, 0.05) is 6.54 Å². The van der Waals surface area contributed by atoms with Gasteiger partial charge in [-0.1, -0.05) is 23.8 Å². The zero-order valence-electron chi connectivity index (χ0n) is 6.80. The van der Waals surface area contributed by atoms with Crippen molar-refractivity contribution in [2.24, 2.45) is 0 Å². The van der Waals surface area contributed by atoms with Crippen molar-refractivity contribution in [2.75, 3.05) is 20.6 Å². The molecule has 1 aliphatic rings. The minimum atomic E-state index is 1.17. The van der Waals surface area contributed by atoms with Crippen molar-refractivity contribution in [3.05, 3.63) is 23.8 Å². The van der Waals surface area contributed by atoms with Gasteiger partial charge in [0.25, 0.3) is 0 Å². The fourth-order valence-electron chi connectivity index (χ4n) is 1.04. The topological polar surface area (TPSA) is 3.24 Å². The van der Waals surface area contributed by atoms with Crippen LogP contribution in [0.5, 0.6) is 0 Å². The normalized spacial score (nSPS) is 16.5. The molecule has 0 aromatic carbocycles. The van der Waals surface area contributed by atoms with Crippen molar-refractivity contribution in [1.29, 1.82) is 0 Å². The van der Waals surface area contributed by atoms with E-state index in [0.717, 1.165) is 0 Å². The van der Waals surface area contributed by atoms with Gasteiger partial charge in [0.1, 0.15) is 0 Å². The smallest absolute Gasteiger partial charge is 0.00127 e. The molecule has 0 atom stereocenters. The standard InChI is InChI=1S/C9H15N/c1-10(2)8-7-9-5-3-4-6-9/h3-5H,6-8H2,1-2H3. The summed E-state index contributed by atoms with van der Waals surface area (Å²) >= 11 is 0. The summed E-state index contributed by atoms with van der Waals surface area (Å²) in [6, 6.07) is 0.